The first-order valence-corrected chi connectivity index (χ1v) is 13.7. The quantitative estimate of drug-likeness (QED) is 0.303. The molecule has 6 rings (SSSR count). The number of anilines is 1. The van der Waals surface area contributed by atoms with Crippen LogP contribution in [0.3, 0.4) is 0 Å². The molecule has 1 aliphatic carbocycles. The topological polar surface area (TPSA) is 46.5 Å². The van der Waals surface area contributed by atoms with Gasteiger partial charge < -0.3 is 19.5 Å². The van der Waals surface area contributed by atoms with Gasteiger partial charge in [-0.2, -0.15) is 0 Å². The Morgan fingerprint density at radius 1 is 1.06 bits per heavy atom. The lowest BCUT2D eigenvalue weighted by Gasteiger charge is -2.31. The molecule has 0 fully saturated rings. The van der Waals surface area contributed by atoms with Crippen molar-refractivity contribution in [2.75, 3.05) is 11.9 Å². The van der Waals surface area contributed by atoms with Gasteiger partial charge in [-0.05, 0) is 80.1 Å². The Bertz CT molecular complexity index is 1410. The van der Waals surface area contributed by atoms with Crippen LogP contribution in [0.15, 0.2) is 66.9 Å². The number of urea groups is 1. The van der Waals surface area contributed by atoms with Crippen LogP contribution >= 0.6 is 22.9 Å². The minimum atomic E-state index is -0.268. The summed E-state index contributed by atoms with van der Waals surface area (Å²) in [5.41, 5.74) is 5.48. The zero-order chi connectivity index (χ0) is 24.6. The second-order valence-electron chi connectivity index (χ2n) is 9.24. The van der Waals surface area contributed by atoms with E-state index in [2.05, 4.69) is 28.2 Å². The molecule has 36 heavy (non-hydrogen) atoms. The third-order valence-corrected chi connectivity index (χ3v) is 8.64. The molecule has 7 heteroatoms. The Kier molecular flexibility index (Phi) is 6.23. The van der Waals surface area contributed by atoms with E-state index in [9.17, 15) is 4.79 Å². The first-order valence-electron chi connectivity index (χ1n) is 12.5. The number of ether oxygens (including phenoxy) is 1. The number of carbonyl (C=O) groups excluding carboxylic acids is 1. The molecular formula is C29H28ClN3O2S. The number of para-hydroxylation sites is 2. The molecule has 0 saturated carbocycles. The van der Waals surface area contributed by atoms with Crippen molar-refractivity contribution in [3.8, 4) is 10.8 Å². The predicted octanol–water partition coefficient (Wildman–Crippen LogP) is 7.61. The van der Waals surface area contributed by atoms with Crippen molar-refractivity contribution in [1.82, 2.24) is 9.47 Å². The monoisotopic (exact) mass is 517 g/mol. The second-order valence-corrected chi connectivity index (χ2v) is 10.8. The number of fused-ring (bicyclic) bond motifs is 5. The van der Waals surface area contributed by atoms with Crippen LogP contribution in [-0.2, 0) is 19.4 Å². The molecule has 3 heterocycles. The lowest BCUT2D eigenvalue weighted by molar-refractivity contribution is 0.194. The van der Waals surface area contributed by atoms with E-state index in [1.807, 2.05) is 71.7 Å². The third kappa shape index (κ3) is 4.08. The van der Waals surface area contributed by atoms with Crippen molar-refractivity contribution in [2.24, 2.45) is 0 Å². The van der Waals surface area contributed by atoms with Gasteiger partial charge in [0.05, 0.1) is 30.6 Å². The minimum absolute atomic E-state index is 0.154. The molecule has 0 radical (unpaired) electrons. The van der Waals surface area contributed by atoms with Gasteiger partial charge >= 0.3 is 6.03 Å². The summed E-state index contributed by atoms with van der Waals surface area (Å²) in [5.74, 6) is 0.670. The number of aromatic nitrogens is 1. The number of nitrogens with zero attached hydrogens (tertiary/aromatic N) is 2. The number of halogens is 1. The molecular weight excluding hydrogens is 490 g/mol. The number of benzene rings is 2. The van der Waals surface area contributed by atoms with Crippen molar-refractivity contribution in [3.63, 3.8) is 0 Å². The summed E-state index contributed by atoms with van der Waals surface area (Å²) >= 11 is 8.13. The Labute approximate surface area is 220 Å². The zero-order valence-electron chi connectivity index (χ0n) is 20.2. The van der Waals surface area contributed by atoms with Gasteiger partial charge in [0.15, 0.2) is 0 Å². The lowest BCUT2D eigenvalue weighted by Crippen LogP contribution is -2.38. The smallest absolute Gasteiger partial charge is 0.323 e. The number of nitrogens with one attached hydrogen (secondary N) is 1. The first kappa shape index (κ1) is 23.2. The molecule has 0 unspecified atom stereocenters. The largest absolute Gasteiger partial charge is 0.492 e. The maximum atomic E-state index is 14.1. The van der Waals surface area contributed by atoms with E-state index in [0.717, 1.165) is 24.1 Å². The predicted molar refractivity (Wildman–Crippen MR) is 146 cm³/mol. The van der Waals surface area contributed by atoms with Crippen LogP contribution in [0, 0.1) is 0 Å². The maximum Gasteiger partial charge on any atom is 0.323 e. The van der Waals surface area contributed by atoms with Crippen molar-refractivity contribution in [3.05, 3.63) is 99.1 Å². The average Bonchev–Trinajstić information content (AvgIpc) is 3.48. The highest BCUT2D eigenvalue weighted by atomic mass is 35.5. The highest BCUT2D eigenvalue weighted by molar-refractivity contribution is 7.15. The van der Waals surface area contributed by atoms with Gasteiger partial charge in [-0.1, -0.05) is 35.9 Å². The highest BCUT2D eigenvalue weighted by Gasteiger charge is 2.36. The summed E-state index contributed by atoms with van der Waals surface area (Å²) < 4.78 is 8.08. The van der Waals surface area contributed by atoms with Crippen LogP contribution in [0.2, 0.25) is 5.02 Å². The van der Waals surface area contributed by atoms with Crippen molar-refractivity contribution in [1.29, 1.82) is 0 Å². The van der Waals surface area contributed by atoms with Crippen LogP contribution in [0.1, 0.15) is 53.1 Å². The van der Waals surface area contributed by atoms with Crippen LogP contribution in [0.4, 0.5) is 10.5 Å². The van der Waals surface area contributed by atoms with Crippen LogP contribution in [0.5, 0.6) is 5.75 Å². The third-order valence-electron chi connectivity index (χ3n) is 7.05. The normalized spacial score (nSPS) is 16.5. The van der Waals surface area contributed by atoms with Gasteiger partial charge in [-0.15, -0.1) is 11.3 Å². The molecule has 2 aromatic heterocycles. The number of aryl methyl sites for hydroxylation is 1. The molecule has 0 saturated heterocycles. The van der Waals surface area contributed by atoms with Gasteiger partial charge in [-0.25, -0.2) is 4.79 Å². The van der Waals surface area contributed by atoms with E-state index in [1.54, 1.807) is 0 Å². The fourth-order valence-electron chi connectivity index (χ4n) is 5.42. The highest BCUT2D eigenvalue weighted by Crippen LogP contribution is 2.44. The molecule has 2 aromatic carbocycles. The Morgan fingerprint density at radius 3 is 2.69 bits per heavy atom. The Morgan fingerprint density at radius 2 is 1.86 bits per heavy atom. The SMILES string of the molecule is CCOc1ccccc1NC(=O)N1Cc2c(sc3c2CCCC3)-n2cccc2[C@H]1c1ccc(Cl)cc1. The van der Waals surface area contributed by atoms with Crippen molar-refractivity contribution >= 4 is 34.7 Å². The summed E-state index contributed by atoms with van der Waals surface area (Å²) in [5, 5.41) is 5.08. The molecule has 5 nitrogen and oxygen atoms in total. The van der Waals surface area contributed by atoms with E-state index in [1.165, 1.54) is 33.8 Å². The van der Waals surface area contributed by atoms with Gasteiger partial charge in [-0.3, -0.25) is 0 Å². The van der Waals surface area contributed by atoms with E-state index >= 15 is 0 Å². The molecule has 1 atom stereocenters. The molecule has 0 bridgehead atoms. The van der Waals surface area contributed by atoms with Crippen LogP contribution < -0.4 is 10.1 Å². The van der Waals surface area contributed by atoms with Crippen molar-refractivity contribution in [2.45, 2.75) is 45.2 Å². The Balaban J connectivity index is 1.48. The number of carbonyl (C=O) groups is 1. The molecule has 2 amide bonds. The van der Waals surface area contributed by atoms with Crippen LogP contribution in [-0.4, -0.2) is 22.1 Å². The van der Waals surface area contributed by atoms with Crippen molar-refractivity contribution < 1.29 is 9.53 Å². The summed E-state index contributed by atoms with van der Waals surface area (Å²) in [6.07, 6.45) is 6.76. The fourth-order valence-corrected chi connectivity index (χ4v) is 6.95. The number of thiophene rings is 1. The molecule has 4 aromatic rings. The first-order chi connectivity index (χ1) is 17.6. The number of hydrogen-bond donors (Lipinski definition) is 1. The van der Waals surface area contributed by atoms with E-state index < -0.39 is 0 Å². The number of hydrogen-bond acceptors (Lipinski definition) is 3. The standard InChI is InChI=1S/C29H28ClN3O2S/c1-2-35-25-11-5-4-9-23(25)31-29(34)33-18-22-21-8-3-6-12-26(21)36-28(22)32-17-7-10-24(32)27(33)19-13-15-20(30)16-14-19/h4-5,7,9-11,13-17,27H,2-3,6,8,12,18H2,1H3,(H,31,34)/t27-/m1/s1. The zero-order valence-corrected chi connectivity index (χ0v) is 21.7. The molecule has 2 aliphatic rings. The van der Waals surface area contributed by atoms with Gasteiger partial charge in [0, 0.05) is 21.7 Å². The number of rotatable bonds is 4. The average molecular weight is 518 g/mol. The molecule has 1 N–H and O–H groups in total. The van der Waals surface area contributed by atoms with Gasteiger partial charge in [0.2, 0.25) is 0 Å². The summed E-state index contributed by atoms with van der Waals surface area (Å²) in [6.45, 7) is 3.01. The summed E-state index contributed by atoms with van der Waals surface area (Å²) in [7, 11) is 0. The summed E-state index contributed by atoms with van der Waals surface area (Å²) in [6, 6.07) is 19.2. The molecule has 184 valence electrons. The van der Waals surface area contributed by atoms with E-state index in [0.29, 0.717) is 29.6 Å². The van der Waals surface area contributed by atoms with Crippen LogP contribution in [0.25, 0.3) is 5.00 Å². The minimum Gasteiger partial charge on any atom is -0.492 e. The second kappa shape index (κ2) is 9.68. The maximum absolute atomic E-state index is 14.1. The molecule has 0 spiro atoms. The van der Waals surface area contributed by atoms with E-state index in [-0.39, 0.29) is 12.1 Å². The Hall–Kier alpha value is -3.22. The van der Waals surface area contributed by atoms with Gasteiger partial charge in [0.25, 0.3) is 0 Å². The number of amides is 2. The fraction of sp³-hybridized carbons (Fsp3) is 0.276. The lowest BCUT2D eigenvalue weighted by atomic mass is 9.95. The summed E-state index contributed by atoms with van der Waals surface area (Å²) in [4.78, 5) is 17.5. The van der Waals surface area contributed by atoms with E-state index in [4.69, 9.17) is 16.3 Å². The molecule has 1 aliphatic heterocycles. The van der Waals surface area contributed by atoms with Gasteiger partial charge in [0.1, 0.15) is 10.8 Å².